The Labute approximate surface area is 163 Å². The number of rotatable bonds is 9. The van der Waals surface area contributed by atoms with Crippen LogP contribution in [0.2, 0.25) is 0 Å². The molecule has 0 atom stereocenters. The summed E-state index contributed by atoms with van der Waals surface area (Å²) in [6, 6.07) is 3.27. The van der Waals surface area contributed by atoms with Gasteiger partial charge in [0.25, 0.3) is 5.79 Å². The summed E-state index contributed by atoms with van der Waals surface area (Å²) in [6.45, 7) is 6.12. The van der Waals surface area contributed by atoms with Crippen molar-refractivity contribution in [1.82, 2.24) is 0 Å². The molecule has 1 aromatic rings. The van der Waals surface area contributed by atoms with E-state index in [2.05, 4.69) is 0 Å². The Balaban J connectivity index is 2.53. The van der Waals surface area contributed by atoms with Gasteiger partial charge in [-0.15, -0.1) is 0 Å². The highest BCUT2D eigenvalue weighted by atomic mass is 16.7. The van der Waals surface area contributed by atoms with Crippen LogP contribution >= 0.6 is 0 Å². The summed E-state index contributed by atoms with van der Waals surface area (Å²) in [4.78, 5) is 47.2. The normalized spacial score (nSPS) is 12.4. The Morgan fingerprint density at radius 2 is 1.54 bits per heavy atom. The van der Waals surface area contributed by atoms with Crippen molar-refractivity contribution < 1.29 is 38.1 Å². The summed E-state index contributed by atoms with van der Waals surface area (Å²) >= 11 is 0. The van der Waals surface area contributed by atoms with Crippen LogP contribution in [-0.4, -0.2) is 30.3 Å². The quantitative estimate of drug-likeness (QED) is 0.359. The van der Waals surface area contributed by atoms with Crippen LogP contribution < -0.4 is 9.47 Å². The molecule has 0 saturated heterocycles. The zero-order valence-electron chi connectivity index (χ0n) is 16.5. The maximum absolute atomic E-state index is 12.3. The van der Waals surface area contributed by atoms with Crippen molar-refractivity contribution in [2.75, 3.05) is 6.79 Å². The fourth-order valence-corrected chi connectivity index (χ4v) is 3.05. The molecule has 0 fully saturated rings. The first-order valence-corrected chi connectivity index (χ1v) is 9.06. The molecule has 0 aliphatic carbocycles. The molecule has 8 heteroatoms. The smallest absolute Gasteiger partial charge is 0.316 e. The third-order valence-electron chi connectivity index (χ3n) is 4.22. The third kappa shape index (κ3) is 4.68. The molecular formula is C20H24O8. The predicted molar refractivity (Wildman–Crippen MR) is 96.7 cm³/mol. The average molecular weight is 392 g/mol. The summed E-state index contributed by atoms with van der Waals surface area (Å²) in [5.74, 6) is -3.18. The van der Waals surface area contributed by atoms with Gasteiger partial charge in [-0.1, -0.05) is 13.8 Å². The van der Waals surface area contributed by atoms with Crippen LogP contribution in [0, 0.1) is 0 Å². The summed E-state index contributed by atoms with van der Waals surface area (Å²) in [5, 5.41) is 0. The van der Waals surface area contributed by atoms with Crippen LogP contribution in [-0.2, 0) is 40.9 Å². The Bertz CT molecular complexity index is 766. The van der Waals surface area contributed by atoms with Gasteiger partial charge in [0.15, 0.2) is 11.5 Å². The molecule has 1 aromatic carbocycles. The predicted octanol–water partition coefficient (Wildman–Crippen LogP) is 2.59. The number of Topliss-reactive ketones (excluding diaryl/α,β-unsaturated/α-hetero) is 2. The highest BCUT2D eigenvalue weighted by Gasteiger charge is 2.42. The molecule has 1 heterocycles. The summed E-state index contributed by atoms with van der Waals surface area (Å²) in [6.07, 6.45) is -0.360. The first-order chi connectivity index (χ1) is 13.2. The summed E-state index contributed by atoms with van der Waals surface area (Å²) < 4.78 is 22.0. The minimum atomic E-state index is -1.79. The number of ether oxygens (including phenoxy) is 4. The summed E-state index contributed by atoms with van der Waals surface area (Å²) in [7, 11) is 0. The lowest BCUT2D eigenvalue weighted by molar-refractivity contribution is -0.235. The van der Waals surface area contributed by atoms with Gasteiger partial charge in [0.1, 0.15) is 24.4 Å². The lowest BCUT2D eigenvalue weighted by Crippen LogP contribution is -2.38. The molecule has 1 aliphatic rings. The van der Waals surface area contributed by atoms with Gasteiger partial charge in [-0.2, -0.15) is 0 Å². The van der Waals surface area contributed by atoms with E-state index in [4.69, 9.17) is 18.9 Å². The van der Waals surface area contributed by atoms with Crippen molar-refractivity contribution >= 4 is 23.5 Å². The van der Waals surface area contributed by atoms with E-state index in [0.717, 1.165) is 0 Å². The van der Waals surface area contributed by atoms with Crippen molar-refractivity contribution in [2.24, 2.45) is 0 Å². The van der Waals surface area contributed by atoms with E-state index in [0.29, 0.717) is 29.0 Å². The number of fused-ring (bicyclic) bond motifs is 1. The molecule has 0 spiro atoms. The number of ketones is 2. The van der Waals surface area contributed by atoms with Gasteiger partial charge in [0.05, 0.1) is 0 Å². The molecule has 0 aromatic heterocycles. The van der Waals surface area contributed by atoms with Crippen LogP contribution in [0.15, 0.2) is 12.1 Å². The molecule has 0 N–H and O–H groups in total. The van der Waals surface area contributed by atoms with Crippen molar-refractivity contribution in [2.45, 2.75) is 59.2 Å². The van der Waals surface area contributed by atoms with E-state index in [-0.39, 0.29) is 24.8 Å². The average Bonchev–Trinajstić information content (AvgIpc) is 3.07. The topological polar surface area (TPSA) is 105 Å². The molecule has 0 amide bonds. The molecule has 2 rings (SSSR count). The first kappa shape index (κ1) is 21.4. The third-order valence-corrected chi connectivity index (χ3v) is 4.22. The molecule has 0 saturated carbocycles. The monoisotopic (exact) mass is 392 g/mol. The SMILES string of the molecule is CCc1c(C(CC)(OC(=O)CC(C)=O)OC(=O)CC(C)=O)ccc2c1OCO2. The maximum Gasteiger partial charge on any atom is 0.316 e. The Morgan fingerprint density at radius 3 is 2.00 bits per heavy atom. The van der Waals surface area contributed by atoms with E-state index in [1.165, 1.54) is 13.8 Å². The molecule has 0 bridgehead atoms. The van der Waals surface area contributed by atoms with Gasteiger partial charge in [0.2, 0.25) is 6.79 Å². The van der Waals surface area contributed by atoms with Crippen LogP contribution in [0.5, 0.6) is 11.5 Å². The number of hydrogen-bond donors (Lipinski definition) is 0. The zero-order valence-corrected chi connectivity index (χ0v) is 16.5. The molecule has 8 nitrogen and oxygen atoms in total. The molecule has 0 unspecified atom stereocenters. The standard InChI is InChI=1S/C20H24O8/c1-5-14-15(7-8-16-19(14)26-11-25-16)20(6-2,27-17(23)9-12(3)21)28-18(24)10-13(4)22/h7-8H,5-6,9-11H2,1-4H3. The second-order valence-corrected chi connectivity index (χ2v) is 6.49. The van der Waals surface area contributed by atoms with E-state index in [9.17, 15) is 19.2 Å². The van der Waals surface area contributed by atoms with Crippen molar-refractivity contribution in [3.05, 3.63) is 23.3 Å². The largest absolute Gasteiger partial charge is 0.454 e. The molecule has 28 heavy (non-hydrogen) atoms. The van der Waals surface area contributed by atoms with Gasteiger partial charge < -0.3 is 18.9 Å². The van der Waals surface area contributed by atoms with Crippen molar-refractivity contribution in [3.63, 3.8) is 0 Å². The van der Waals surface area contributed by atoms with Gasteiger partial charge in [0, 0.05) is 17.5 Å². The first-order valence-electron chi connectivity index (χ1n) is 9.06. The van der Waals surface area contributed by atoms with Gasteiger partial charge in [-0.3, -0.25) is 19.2 Å². The van der Waals surface area contributed by atoms with Crippen LogP contribution in [0.4, 0.5) is 0 Å². The Hall–Kier alpha value is -2.90. The fourth-order valence-electron chi connectivity index (χ4n) is 3.05. The number of hydrogen-bond acceptors (Lipinski definition) is 8. The highest BCUT2D eigenvalue weighted by molar-refractivity contribution is 5.95. The molecule has 0 radical (unpaired) electrons. The molecule has 1 aliphatic heterocycles. The lowest BCUT2D eigenvalue weighted by Gasteiger charge is -2.33. The number of carbonyl (C=O) groups is 4. The number of carbonyl (C=O) groups excluding carboxylic acids is 4. The number of benzene rings is 1. The maximum atomic E-state index is 12.3. The second-order valence-electron chi connectivity index (χ2n) is 6.49. The Morgan fingerprint density at radius 1 is 0.964 bits per heavy atom. The summed E-state index contributed by atoms with van der Waals surface area (Å²) in [5.41, 5.74) is 1.07. The Kier molecular flexibility index (Phi) is 6.77. The van der Waals surface area contributed by atoms with E-state index < -0.39 is 30.6 Å². The van der Waals surface area contributed by atoms with Crippen LogP contribution in [0.25, 0.3) is 0 Å². The van der Waals surface area contributed by atoms with Gasteiger partial charge in [-0.05, 0) is 32.4 Å². The molecule has 152 valence electrons. The van der Waals surface area contributed by atoms with Crippen molar-refractivity contribution in [1.29, 1.82) is 0 Å². The van der Waals surface area contributed by atoms with Crippen LogP contribution in [0.3, 0.4) is 0 Å². The fraction of sp³-hybridized carbons (Fsp3) is 0.500. The van der Waals surface area contributed by atoms with Crippen LogP contribution in [0.1, 0.15) is 58.1 Å². The second kappa shape index (κ2) is 8.86. The van der Waals surface area contributed by atoms with E-state index >= 15 is 0 Å². The lowest BCUT2D eigenvalue weighted by atomic mass is 9.94. The zero-order chi connectivity index (χ0) is 20.9. The minimum Gasteiger partial charge on any atom is -0.454 e. The van der Waals surface area contributed by atoms with E-state index in [1.54, 1.807) is 19.1 Å². The highest BCUT2D eigenvalue weighted by Crippen LogP contribution is 2.44. The van der Waals surface area contributed by atoms with Crippen molar-refractivity contribution in [3.8, 4) is 11.5 Å². The van der Waals surface area contributed by atoms with E-state index in [1.807, 2.05) is 6.92 Å². The molecular weight excluding hydrogens is 368 g/mol. The van der Waals surface area contributed by atoms with Gasteiger partial charge >= 0.3 is 11.9 Å². The van der Waals surface area contributed by atoms with Gasteiger partial charge in [-0.25, -0.2) is 0 Å². The number of esters is 2. The minimum absolute atomic E-state index is 0.0547.